The first-order chi connectivity index (χ1) is 18.4. The van der Waals surface area contributed by atoms with Crippen LogP contribution in [0, 0.1) is 13.8 Å². The number of pyridine rings is 1. The molecule has 3 heterocycles. The number of carbonyl (C=O) groups excluding carboxylic acids is 1. The number of halogens is 1. The Kier molecular flexibility index (Phi) is 7.46. The summed E-state index contributed by atoms with van der Waals surface area (Å²) < 4.78 is 7.11. The van der Waals surface area contributed by atoms with Gasteiger partial charge >= 0.3 is 0 Å². The van der Waals surface area contributed by atoms with Crippen LogP contribution in [0.5, 0.6) is 0 Å². The first-order valence-electron chi connectivity index (χ1n) is 12.2. The molecule has 0 unspecified atom stereocenters. The zero-order chi connectivity index (χ0) is 26.8. The molecule has 4 aromatic rings. The molecule has 7 nitrogen and oxygen atoms in total. The summed E-state index contributed by atoms with van der Waals surface area (Å²) in [6, 6.07) is 21.6. The minimum Gasteiger partial charge on any atom is -0.375 e. The van der Waals surface area contributed by atoms with Crippen LogP contribution < -0.4 is 15.5 Å². The van der Waals surface area contributed by atoms with Crippen molar-refractivity contribution < 1.29 is 9.53 Å². The van der Waals surface area contributed by atoms with Gasteiger partial charge in [-0.15, -0.1) is 0 Å². The lowest BCUT2D eigenvalue weighted by molar-refractivity contribution is -0.119. The molecule has 2 aromatic heterocycles. The molecule has 194 valence electrons. The summed E-state index contributed by atoms with van der Waals surface area (Å²) in [5.41, 5.74) is 6.51. The fourth-order valence-corrected chi connectivity index (χ4v) is 5.30. The standard InChI is InChI=1S/C29H28ClN5O2S/c1-18-15-20(9-11-22(18)30)34-14-6-8-25(34)28-27(24-7-4-5-13-31-24)33-29(38)35(28)21-10-12-23(19(2)16-21)32-26(36)17-37-3/h4-16,27-28H,17H2,1-3H3,(H,32,36)(H,33,38)/t27-,28+/m0/s1. The lowest BCUT2D eigenvalue weighted by atomic mass is 10.00. The number of amides is 1. The number of hydrogen-bond acceptors (Lipinski definition) is 4. The van der Waals surface area contributed by atoms with Crippen LogP contribution >= 0.6 is 23.8 Å². The summed E-state index contributed by atoms with van der Waals surface area (Å²) in [6.45, 7) is 3.96. The number of nitrogens with one attached hydrogen (secondary N) is 2. The molecule has 0 radical (unpaired) electrons. The quantitative estimate of drug-likeness (QED) is 0.282. The molecule has 1 fully saturated rings. The maximum Gasteiger partial charge on any atom is 0.250 e. The van der Waals surface area contributed by atoms with Gasteiger partial charge in [0, 0.05) is 47.3 Å². The Morgan fingerprint density at radius 2 is 1.87 bits per heavy atom. The topological polar surface area (TPSA) is 71.4 Å². The van der Waals surface area contributed by atoms with Gasteiger partial charge in [0.2, 0.25) is 5.91 Å². The molecule has 0 aliphatic carbocycles. The number of ether oxygens (including phenoxy) is 1. The van der Waals surface area contributed by atoms with E-state index >= 15 is 0 Å². The fraction of sp³-hybridized carbons (Fsp3) is 0.207. The summed E-state index contributed by atoms with van der Waals surface area (Å²) in [5, 5.41) is 7.74. The number of carbonyl (C=O) groups is 1. The highest BCUT2D eigenvalue weighted by atomic mass is 35.5. The third-order valence-corrected chi connectivity index (χ3v) is 7.38. The molecule has 2 atom stereocenters. The smallest absolute Gasteiger partial charge is 0.250 e. The monoisotopic (exact) mass is 545 g/mol. The SMILES string of the molecule is COCC(=O)Nc1ccc(N2C(=S)N[C@@H](c3ccccn3)[C@H]2c2cccn2-c2ccc(Cl)c(C)c2)cc1C. The van der Waals surface area contributed by atoms with Gasteiger partial charge < -0.3 is 24.8 Å². The lowest BCUT2D eigenvalue weighted by Crippen LogP contribution is -2.30. The summed E-state index contributed by atoms with van der Waals surface area (Å²) in [5.74, 6) is -0.203. The molecule has 1 aliphatic rings. The van der Waals surface area contributed by atoms with Crippen molar-refractivity contribution in [2.24, 2.45) is 0 Å². The molecule has 0 spiro atoms. The summed E-state index contributed by atoms with van der Waals surface area (Å²) in [6.07, 6.45) is 3.84. The van der Waals surface area contributed by atoms with Crippen LogP contribution in [-0.4, -0.2) is 34.3 Å². The van der Waals surface area contributed by atoms with Crippen molar-refractivity contribution >= 4 is 46.2 Å². The number of methoxy groups -OCH3 is 1. The molecule has 1 saturated heterocycles. The molecule has 2 N–H and O–H groups in total. The molecule has 1 amide bonds. The number of hydrogen-bond donors (Lipinski definition) is 2. The molecule has 5 rings (SSSR count). The predicted molar refractivity (Wildman–Crippen MR) is 155 cm³/mol. The van der Waals surface area contributed by atoms with E-state index in [4.69, 9.17) is 28.6 Å². The van der Waals surface area contributed by atoms with Crippen LogP contribution in [0.25, 0.3) is 5.69 Å². The molecule has 0 bridgehead atoms. The number of aromatic nitrogens is 2. The van der Waals surface area contributed by atoms with E-state index in [1.165, 1.54) is 7.11 Å². The van der Waals surface area contributed by atoms with Crippen LogP contribution in [-0.2, 0) is 9.53 Å². The number of thiocarbonyl (C=S) groups is 1. The van der Waals surface area contributed by atoms with Crippen LogP contribution in [0.15, 0.2) is 79.1 Å². The van der Waals surface area contributed by atoms with Crippen LogP contribution in [0.2, 0.25) is 5.02 Å². The number of benzene rings is 2. The summed E-state index contributed by atoms with van der Waals surface area (Å²) in [7, 11) is 1.50. The average molecular weight is 546 g/mol. The van der Waals surface area contributed by atoms with Crippen LogP contribution in [0.1, 0.15) is 34.6 Å². The van der Waals surface area contributed by atoms with E-state index in [2.05, 4.69) is 37.2 Å². The van der Waals surface area contributed by atoms with Gasteiger partial charge in [0.1, 0.15) is 12.6 Å². The number of rotatable bonds is 7. The number of nitrogens with zero attached hydrogens (tertiary/aromatic N) is 3. The minimum absolute atomic E-state index is 0.00366. The minimum atomic E-state index is -0.203. The van der Waals surface area contributed by atoms with E-state index in [0.29, 0.717) is 5.11 Å². The van der Waals surface area contributed by atoms with Crippen molar-refractivity contribution in [2.45, 2.75) is 25.9 Å². The van der Waals surface area contributed by atoms with Crippen molar-refractivity contribution in [1.82, 2.24) is 14.9 Å². The molecule has 2 aromatic carbocycles. The second kappa shape index (κ2) is 10.9. The van der Waals surface area contributed by atoms with Crippen molar-refractivity contribution in [3.05, 3.63) is 107 Å². The lowest BCUT2D eigenvalue weighted by Gasteiger charge is -2.29. The van der Waals surface area contributed by atoms with E-state index in [1.807, 2.05) is 74.6 Å². The first-order valence-corrected chi connectivity index (χ1v) is 13.0. The maximum atomic E-state index is 12.1. The third-order valence-electron chi connectivity index (χ3n) is 6.64. The Morgan fingerprint density at radius 3 is 2.58 bits per heavy atom. The van der Waals surface area contributed by atoms with Crippen molar-refractivity contribution in [1.29, 1.82) is 0 Å². The number of aryl methyl sites for hydroxylation is 2. The Hall–Kier alpha value is -3.72. The Balaban J connectivity index is 1.59. The molecule has 9 heteroatoms. The van der Waals surface area contributed by atoms with Crippen LogP contribution in [0.3, 0.4) is 0 Å². The maximum absolute atomic E-state index is 12.1. The molecule has 1 aliphatic heterocycles. The first kappa shape index (κ1) is 25.9. The Bertz CT molecular complexity index is 1490. The zero-order valence-electron chi connectivity index (χ0n) is 21.3. The van der Waals surface area contributed by atoms with Gasteiger partial charge in [-0.1, -0.05) is 17.7 Å². The van der Waals surface area contributed by atoms with Gasteiger partial charge in [-0.3, -0.25) is 9.78 Å². The fourth-order valence-electron chi connectivity index (χ4n) is 4.84. The predicted octanol–water partition coefficient (Wildman–Crippen LogP) is 5.90. The van der Waals surface area contributed by atoms with Crippen molar-refractivity contribution in [3.63, 3.8) is 0 Å². The average Bonchev–Trinajstić information content (AvgIpc) is 3.52. The summed E-state index contributed by atoms with van der Waals surface area (Å²) >= 11 is 12.2. The molecule has 38 heavy (non-hydrogen) atoms. The van der Waals surface area contributed by atoms with Gasteiger partial charge in [-0.2, -0.15) is 0 Å². The van der Waals surface area contributed by atoms with Crippen LogP contribution in [0.4, 0.5) is 11.4 Å². The second-order valence-corrected chi connectivity index (χ2v) is 10.0. The van der Waals surface area contributed by atoms with E-state index in [9.17, 15) is 4.79 Å². The Morgan fingerprint density at radius 1 is 1.08 bits per heavy atom. The van der Waals surface area contributed by atoms with E-state index in [-0.39, 0.29) is 24.6 Å². The van der Waals surface area contributed by atoms with Crippen molar-refractivity contribution in [2.75, 3.05) is 23.9 Å². The highest BCUT2D eigenvalue weighted by molar-refractivity contribution is 7.80. The van der Waals surface area contributed by atoms with Gasteiger partial charge in [0.25, 0.3) is 0 Å². The van der Waals surface area contributed by atoms with Gasteiger partial charge in [-0.05, 0) is 97.9 Å². The molecular weight excluding hydrogens is 518 g/mol. The Labute approximate surface area is 232 Å². The third kappa shape index (κ3) is 5.03. The van der Waals surface area contributed by atoms with Gasteiger partial charge in [0.15, 0.2) is 5.11 Å². The largest absolute Gasteiger partial charge is 0.375 e. The van der Waals surface area contributed by atoms with E-state index in [1.54, 1.807) is 6.20 Å². The van der Waals surface area contributed by atoms with E-state index < -0.39 is 0 Å². The normalized spacial score (nSPS) is 16.9. The van der Waals surface area contributed by atoms with Gasteiger partial charge in [0.05, 0.1) is 11.7 Å². The number of anilines is 2. The zero-order valence-corrected chi connectivity index (χ0v) is 22.9. The molecular formula is C29H28ClN5O2S. The second-order valence-electron chi connectivity index (χ2n) is 9.21. The van der Waals surface area contributed by atoms with Crippen molar-refractivity contribution in [3.8, 4) is 5.69 Å². The van der Waals surface area contributed by atoms with Gasteiger partial charge in [-0.25, -0.2) is 0 Å². The van der Waals surface area contributed by atoms with E-state index in [0.717, 1.165) is 44.6 Å². The highest BCUT2D eigenvalue weighted by Crippen LogP contribution is 2.43. The molecule has 0 saturated carbocycles. The summed E-state index contributed by atoms with van der Waals surface area (Å²) in [4.78, 5) is 18.9. The highest BCUT2D eigenvalue weighted by Gasteiger charge is 2.42.